The molecule has 2 aromatic rings. The summed E-state index contributed by atoms with van der Waals surface area (Å²) in [6.07, 6.45) is 10.0. The van der Waals surface area contributed by atoms with Crippen LogP contribution in [-0.2, 0) is 0 Å². The van der Waals surface area contributed by atoms with Gasteiger partial charge in [0.25, 0.3) is 0 Å². The molecular weight excluding hydrogens is 210 g/mol. The molecule has 0 saturated heterocycles. The standard InChI is InChI=1S/C11H11ClN3/c12-11-13-7-8-5-6-15(10(8)14-11)9-3-1-2-4-9/h5,7,9H,1-4H2. The van der Waals surface area contributed by atoms with Gasteiger partial charge in [-0.25, -0.2) is 4.98 Å². The third kappa shape index (κ3) is 1.51. The summed E-state index contributed by atoms with van der Waals surface area (Å²) < 4.78 is 2.12. The van der Waals surface area contributed by atoms with E-state index in [0.717, 1.165) is 11.0 Å². The number of rotatable bonds is 1. The van der Waals surface area contributed by atoms with Gasteiger partial charge in [0.15, 0.2) is 0 Å². The highest BCUT2D eigenvalue weighted by atomic mass is 35.5. The van der Waals surface area contributed by atoms with E-state index >= 15 is 0 Å². The van der Waals surface area contributed by atoms with E-state index in [0.29, 0.717) is 11.3 Å². The first-order chi connectivity index (χ1) is 7.34. The summed E-state index contributed by atoms with van der Waals surface area (Å²) in [6, 6.07) is 2.48. The van der Waals surface area contributed by atoms with Gasteiger partial charge in [-0.05, 0) is 30.5 Å². The third-order valence-corrected chi connectivity index (χ3v) is 3.23. The maximum absolute atomic E-state index is 5.80. The first-order valence-corrected chi connectivity index (χ1v) is 5.63. The van der Waals surface area contributed by atoms with E-state index < -0.39 is 0 Å². The molecule has 0 bridgehead atoms. The SMILES string of the molecule is Clc1ncc2c[c]n(C3CCCC3)c2n1. The molecule has 15 heavy (non-hydrogen) atoms. The molecule has 2 heterocycles. The highest BCUT2D eigenvalue weighted by molar-refractivity contribution is 6.28. The van der Waals surface area contributed by atoms with Gasteiger partial charge in [-0.1, -0.05) is 12.8 Å². The lowest BCUT2D eigenvalue weighted by Gasteiger charge is -2.11. The van der Waals surface area contributed by atoms with Crippen LogP contribution in [0, 0.1) is 6.20 Å². The number of halogens is 1. The summed E-state index contributed by atoms with van der Waals surface area (Å²) in [4.78, 5) is 8.23. The Kier molecular flexibility index (Phi) is 2.13. The van der Waals surface area contributed by atoms with Gasteiger partial charge in [-0.3, -0.25) is 0 Å². The highest BCUT2D eigenvalue weighted by Crippen LogP contribution is 2.31. The van der Waals surface area contributed by atoms with Crippen molar-refractivity contribution in [3.05, 3.63) is 23.7 Å². The Morgan fingerprint density at radius 1 is 1.40 bits per heavy atom. The predicted molar refractivity (Wildman–Crippen MR) is 58.9 cm³/mol. The summed E-state index contributed by atoms with van der Waals surface area (Å²) in [5.41, 5.74) is 0.918. The fourth-order valence-corrected chi connectivity index (χ4v) is 2.43. The van der Waals surface area contributed by atoms with Crippen molar-refractivity contribution in [3.8, 4) is 0 Å². The van der Waals surface area contributed by atoms with E-state index in [9.17, 15) is 0 Å². The van der Waals surface area contributed by atoms with Crippen molar-refractivity contribution in [2.24, 2.45) is 0 Å². The van der Waals surface area contributed by atoms with Crippen molar-refractivity contribution in [2.75, 3.05) is 0 Å². The summed E-state index contributed by atoms with van der Waals surface area (Å²) in [7, 11) is 0. The zero-order valence-electron chi connectivity index (χ0n) is 8.28. The zero-order chi connectivity index (χ0) is 10.3. The van der Waals surface area contributed by atoms with Crippen LogP contribution in [-0.4, -0.2) is 14.5 Å². The van der Waals surface area contributed by atoms with Gasteiger partial charge in [0.1, 0.15) is 5.65 Å². The molecule has 0 N–H and O–H groups in total. The Labute approximate surface area is 93.1 Å². The van der Waals surface area contributed by atoms with Gasteiger partial charge in [0.05, 0.1) is 6.20 Å². The summed E-state index contributed by atoms with van der Waals surface area (Å²) >= 11 is 5.80. The minimum Gasteiger partial charge on any atom is -0.321 e. The van der Waals surface area contributed by atoms with E-state index in [4.69, 9.17) is 11.6 Å². The fourth-order valence-electron chi connectivity index (χ4n) is 2.30. The van der Waals surface area contributed by atoms with Gasteiger partial charge < -0.3 is 4.57 Å². The molecule has 1 aliphatic rings. The minimum atomic E-state index is 0.314. The molecule has 3 rings (SSSR count). The first kappa shape index (κ1) is 9.16. The fraction of sp³-hybridized carbons (Fsp3) is 0.455. The van der Waals surface area contributed by atoms with Gasteiger partial charge in [0.2, 0.25) is 5.28 Å². The maximum Gasteiger partial charge on any atom is 0.224 e. The maximum atomic E-state index is 5.80. The molecule has 3 nitrogen and oxygen atoms in total. The van der Waals surface area contributed by atoms with Crippen molar-refractivity contribution in [3.63, 3.8) is 0 Å². The molecule has 0 amide bonds. The molecule has 1 radical (unpaired) electrons. The Hall–Kier alpha value is -1.09. The summed E-state index contributed by atoms with van der Waals surface area (Å²) in [5, 5.41) is 1.33. The molecule has 4 heteroatoms. The average molecular weight is 221 g/mol. The molecule has 77 valence electrons. The van der Waals surface area contributed by atoms with Crippen molar-refractivity contribution >= 4 is 22.6 Å². The van der Waals surface area contributed by atoms with Crippen LogP contribution in [0.2, 0.25) is 5.28 Å². The van der Waals surface area contributed by atoms with Crippen molar-refractivity contribution in [1.82, 2.24) is 14.5 Å². The van der Waals surface area contributed by atoms with Gasteiger partial charge >= 0.3 is 0 Å². The second-order valence-corrected chi connectivity index (χ2v) is 4.34. The van der Waals surface area contributed by atoms with Crippen LogP contribution >= 0.6 is 11.6 Å². The van der Waals surface area contributed by atoms with E-state index in [2.05, 4.69) is 20.7 Å². The largest absolute Gasteiger partial charge is 0.321 e. The van der Waals surface area contributed by atoms with Gasteiger partial charge in [0, 0.05) is 17.6 Å². The van der Waals surface area contributed by atoms with Crippen LogP contribution < -0.4 is 0 Å². The highest BCUT2D eigenvalue weighted by Gasteiger charge is 2.19. The van der Waals surface area contributed by atoms with Crippen molar-refractivity contribution < 1.29 is 0 Å². The number of hydrogen-bond acceptors (Lipinski definition) is 2. The van der Waals surface area contributed by atoms with E-state index in [1.165, 1.54) is 25.7 Å². The Morgan fingerprint density at radius 2 is 2.20 bits per heavy atom. The lowest BCUT2D eigenvalue weighted by molar-refractivity contribution is 0.529. The summed E-state index contributed by atoms with van der Waals surface area (Å²) in [5.74, 6) is 0. The van der Waals surface area contributed by atoms with E-state index in [-0.39, 0.29) is 0 Å². The summed E-state index contributed by atoms with van der Waals surface area (Å²) in [6.45, 7) is 0. The second-order valence-electron chi connectivity index (χ2n) is 4.00. The van der Waals surface area contributed by atoms with E-state index in [1.807, 2.05) is 6.07 Å². The van der Waals surface area contributed by atoms with Gasteiger partial charge in [-0.2, -0.15) is 4.98 Å². The smallest absolute Gasteiger partial charge is 0.224 e. The third-order valence-electron chi connectivity index (χ3n) is 3.04. The van der Waals surface area contributed by atoms with Crippen molar-refractivity contribution in [1.29, 1.82) is 0 Å². The molecule has 0 unspecified atom stereocenters. The number of hydrogen-bond donors (Lipinski definition) is 0. The molecule has 1 saturated carbocycles. The Morgan fingerprint density at radius 3 is 3.00 bits per heavy atom. The number of aromatic nitrogens is 3. The molecule has 2 aromatic heterocycles. The van der Waals surface area contributed by atoms with Crippen LogP contribution in [0.25, 0.3) is 11.0 Å². The Bertz CT molecular complexity index is 486. The topological polar surface area (TPSA) is 30.7 Å². The second kappa shape index (κ2) is 3.49. The molecule has 0 aromatic carbocycles. The molecule has 0 aliphatic heterocycles. The molecule has 1 fully saturated rings. The van der Waals surface area contributed by atoms with Crippen LogP contribution in [0.4, 0.5) is 0 Å². The van der Waals surface area contributed by atoms with Crippen LogP contribution in [0.15, 0.2) is 12.3 Å². The molecule has 0 spiro atoms. The van der Waals surface area contributed by atoms with Gasteiger partial charge in [-0.15, -0.1) is 0 Å². The monoisotopic (exact) mass is 220 g/mol. The van der Waals surface area contributed by atoms with E-state index in [1.54, 1.807) is 6.20 Å². The lowest BCUT2D eigenvalue weighted by atomic mass is 10.2. The Balaban J connectivity index is 2.13. The molecule has 1 aliphatic carbocycles. The van der Waals surface area contributed by atoms with Crippen LogP contribution in [0.5, 0.6) is 0 Å². The quantitative estimate of drug-likeness (QED) is 0.692. The number of nitrogens with zero attached hydrogens (tertiary/aromatic N) is 3. The molecular formula is C11H11ClN3. The first-order valence-electron chi connectivity index (χ1n) is 5.26. The normalized spacial score (nSPS) is 17.7. The lowest BCUT2D eigenvalue weighted by Crippen LogP contribution is -2.04. The van der Waals surface area contributed by atoms with Crippen LogP contribution in [0.1, 0.15) is 31.7 Å². The minimum absolute atomic E-state index is 0.314. The average Bonchev–Trinajstić information content (AvgIpc) is 2.83. The molecule has 0 atom stereocenters. The van der Waals surface area contributed by atoms with Crippen molar-refractivity contribution in [2.45, 2.75) is 31.7 Å². The van der Waals surface area contributed by atoms with Crippen LogP contribution in [0.3, 0.4) is 0 Å². The number of fused-ring (bicyclic) bond motifs is 1. The zero-order valence-corrected chi connectivity index (χ0v) is 9.04. The predicted octanol–water partition coefficient (Wildman–Crippen LogP) is 3.00.